The van der Waals surface area contributed by atoms with Crippen LogP contribution in [0.15, 0.2) is 12.3 Å². The molecule has 0 amide bonds. The summed E-state index contributed by atoms with van der Waals surface area (Å²) >= 11 is 0. The number of pyridine rings is 1. The van der Waals surface area contributed by atoms with Gasteiger partial charge in [0.1, 0.15) is 11.9 Å². The van der Waals surface area contributed by atoms with E-state index in [0.29, 0.717) is 17.1 Å². The van der Waals surface area contributed by atoms with Crippen LogP contribution in [0.4, 0.5) is 11.5 Å². The number of nitrogen functional groups attached to an aromatic ring is 1. The second-order valence-electron chi connectivity index (χ2n) is 4.55. The quantitative estimate of drug-likeness (QED) is 0.729. The lowest BCUT2D eigenvalue weighted by Gasteiger charge is -2.29. The zero-order valence-electron chi connectivity index (χ0n) is 9.61. The van der Waals surface area contributed by atoms with Crippen molar-refractivity contribution in [1.29, 1.82) is 5.26 Å². The van der Waals surface area contributed by atoms with E-state index in [2.05, 4.69) is 16.4 Å². The van der Waals surface area contributed by atoms with E-state index < -0.39 is 0 Å². The lowest BCUT2D eigenvalue weighted by molar-refractivity contribution is 0.214. The van der Waals surface area contributed by atoms with Gasteiger partial charge in [0.25, 0.3) is 0 Å². The van der Waals surface area contributed by atoms with Crippen LogP contribution in [0.2, 0.25) is 0 Å². The van der Waals surface area contributed by atoms with Crippen molar-refractivity contribution < 1.29 is 5.11 Å². The predicted octanol–water partition coefficient (Wildman–Crippen LogP) is 1.25. The van der Waals surface area contributed by atoms with E-state index in [1.165, 1.54) is 6.20 Å². The zero-order valence-corrected chi connectivity index (χ0v) is 9.61. The Hall–Kier alpha value is -1.80. The summed E-state index contributed by atoms with van der Waals surface area (Å²) in [4.78, 5) is 4.14. The molecule has 0 aliphatic heterocycles. The summed E-state index contributed by atoms with van der Waals surface area (Å²) in [6.07, 6.45) is 5.50. The van der Waals surface area contributed by atoms with Gasteiger partial charge in [-0.2, -0.15) is 5.26 Å². The Bertz CT molecular complexity index is 446. The number of nitrogens with one attached hydrogen (secondary N) is 1. The van der Waals surface area contributed by atoms with Crippen molar-refractivity contribution >= 4 is 11.5 Å². The Balaban J connectivity index is 2.26. The van der Waals surface area contributed by atoms with Crippen molar-refractivity contribution in [2.75, 3.05) is 17.7 Å². The molecule has 0 atom stereocenters. The number of aromatic nitrogens is 1. The molecule has 1 aromatic rings. The molecule has 17 heavy (non-hydrogen) atoms. The number of nitrogens with zero attached hydrogens (tertiary/aromatic N) is 2. The fourth-order valence-electron chi connectivity index (χ4n) is 2.29. The van der Waals surface area contributed by atoms with Gasteiger partial charge in [0.2, 0.25) is 0 Å². The Labute approximate surface area is 100 Å². The number of anilines is 2. The van der Waals surface area contributed by atoms with Crippen LogP contribution >= 0.6 is 0 Å². The van der Waals surface area contributed by atoms with Crippen LogP contribution in [0.25, 0.3) is 0 Å². The molecule has 0 saturated heterocycles. The van der Waals surface area contributed by atoms with E-state index in [-0.39, 0.29) is 12.1 Å². The Morgan fingerprint density at radius 2 is 2.24 bits per heavy atom. The molecular formula is C12H16N4O. The number of nitriles is 1. The van der Waals surface area contributed by atoms with E-state index in [1.54, 1.807) is 6.07 Å². The maximum atomic E-state index is 9.50. The zero-order chi connectivity index (χ0) is 12.3. The molecule has 1 aromatic heterocycles. The van der Waals surface area contributed by atoms with Crippen molar-refractivity contribution in [3.63, 3.8) is 0 Å². The van der Waals surface area contributed by atoms with Crippen LogP contribution in [-0.2, 0) is 0 Å². The molecule has 1 saturated carbocycles. The molecule has 1 aliphatic rings. The summed E-state index contributed by atoms with van der Waals surface area (Å²) in [5.41, 5.74) is 6.15. The van der Waals surface area contributed by atoms with E-state index in [9.17, 15) is 5.11 Å². The van der Waals surface area contributed by atoms with Gasteiger partial charge < -0.3 is 16.2 Å². The lowest BCUT2D eigenvalue weighted by Crippen LogP contribution is -2.39. The average molecular weight is 232 g/mol. The van der Waals surface area contributed by atoms with Gasteiger partial charge in [-0.1, -0.05) is 12.8 Å². The van der Waals surface area contributed by atoms with E-state index in [1.807, 2.05) is 0 Å². The fraction of sp³-hybridized carbons (Fsp3) is 0.500. The minimum absolute atomic E-state index is 0.0594. The van der Waals surface area contributed by atoms with Gasteiger partial charge in [-0.25, -0.2) is 4.98 Å². The van der Waals surface area contributed by atoms with Gasteiger partial charge >= 0.3 is 0 Å². The van der Waals surface area contributed by atoms with Crippen molar-refractivity contribution in [3.05, 3.63) is 17.8 Å². The molecule has 1 fully saturated rings. The molecule has 4 N–H and O–H groups in total. The summed E-state index contributed by atoms with van der Waals surface area (Å²) in [5, 5.41) is 21.7. The highest BCUT2D eigenvalue weighted by atomic mass is 16.3. The lowest BCUT2D eigenvalue weighted by atomic mass is 9.98. The van der Waals surface area contributed by atoms with E-state index >= 15 is 0 Å². The van der Waals surface area contributed by atoms with Gasteiger partial charge in [0.15, 0.2) is 0 Å². The molecule has 0 radical (unpaired) electrons. The Morgan fingerprint density at radius 3 is 2.82 bits per heavy atom. The average Bonchev–Trinajstić information content (AvgIpc) is 2.81. The second kappa shape index (κ2) is 4.60. The third-order valence-electron chi connectivity index (χ3n) is 3.28. The SMILES string of the molecule is N#Cc1cc(N)cnc1NC1(CO)CCCC1. The Kier molecular flexibility index (Phi) is 3.16. The van der Waals surface area contributed by atoms with Crippen molar-refractivity contribution in [1.82, 2.24) is 4.98 Å². The minimum atomic E-state index is -0.325. The topological polar surface area (TPSA) is 95.0 Å². The summed E-state index contributed by atoms with van der Waals surface area (Å²) in [6.45, 7) is 0.0594. The maximum absolute atomic E-state index is 9.50. The number of nitrogens with two attached hydrogens (primary N) is 1. The van der Waals surface area contributed by atoms with Gasteiger partial charge in [0, 0.05) is 0 Å². The van der Waals surface area contributed by atoms with Gasteiger partial charge in [-0.15, -0.1) is 0 Å². The molecule has 1 heterocycles. The monoisotopic (exact) mass is 232 g/mol. The van der Waals surface area contributed by atoms with Crippen LogP contribution in [0.1, 0.15) is 31.2 Å². The first-order valence-corrected chi connectivity index (χ1v) is 5.74. The third kappa shape index (κ3) is 2.32. The summed E-state index contributed by atoms with van der Waals surface area (Å²) in [5.74, 6) is 0.512. The molecule has 0 aromatic carbocycles. The molecule has 5 heteroatoms. The normalized spacial score (nSPS) is 17.6. The highest BCUT2D eigenvalue weighted by Crippen LogP contribution is 2.33. The van der Waals surface area contributed by atoms with Crippen molar-refractivity contribution in [2.24, 2.45) is 0 Å². The van der Waals surface area contributed by atoms with Crippen LogP contribution in [-0.4, -0.2) is 22.2 Å². The summed E-state index contributed by atoms with van der Waals surface area (Å²) < 4.78 is 0. The molecule has 0 unspecified atom stereocenters. The number of hydrogen-bond donors (Lipinski definition) is 3. The first kappa shape index (κ1) is 11.7. The first-order valence-electron chi connectivity index (χ1n) is 5.74. The van der Waals surface area contributed by atoms with Gasteiger partial charge in [0.05, 0.1) is 29.6 Å². The van der Waals surface area contributed by atoms with Gasteiger partial charge in [-0.3, -0.25) is 0 Å². The van der Waals surface area contributed by atoms with Crippen molar-refractivity contribution in [3.8, 4) is 6.07 Å². The largest absolute Gasteiger partial charge is 0.397 e. The predicted molar refractivity (Wildman–Crippen MR) is 65.3 cm³/mol. The molecule has 1 aliphatic carbocycles. The van der Waals surface area contributed by atoms with Gasteiger partial charge in [-0.05, 0) is 18.9 Å². The third-order valence-corrected chi connectivity index (χ3v) is 3.28. The highest BCUT2D eigenvalue weighted by molar-refractivity contribution is 5.58. The molecule has 0 spiro atoms. The van der Waals surface area contributed by atoms with Crippen molar-refractivity contribution in [2.45, 2.75) is 31.2 Å². The molecule has 5 nitrogen and oxygen atoms in total. The van der Waals surface area contributed by atoms with Crippen LogP contribution in [0.5, 0.6) is 0 Å². The maximum Gasteiger partial charge on any atom is 0.144 e. The molecule has 2 rings (SSSR count). The van der Waals surface area contributed by atoms with E-state index in [4.69, 9.17) is 11.0 Å². The number of rotatable bonds is 3. The van der Waals surface area contributed by atoms with Crippen LogP contribution < -0.4 is 11.1 Å². The molecular weight excluding hydrogens is 216 g/mol. The smallest absolute Gasteiger partial charge is 0.144 e. The number of hydrogen-bond acceptors (Lipinski definition) is 5. The standard InChI is InChI=1S/C12H16N4O/c13-6-9-5-10(14)7-15-11(9)16-12(8-17)3-1-2-4-12/h5,7,17H,1-4,8,14H2,(H,15,16). The van der Waals surface area contributed by atoms with Crippen LogP contribution in [0, 0.1) is 11.3 Å². The fourth-order valence-corrected chi connectivity index (χ4v) is 2.29. The summed E-state index contributed by atoms with van der Waals surface area (Å²) in [6, 6.07) is 3.66. The number of aliphatic hydroxyl groups is 1. The number of aliphatic hydroxyl groups excluding tert-OH is 1. The summed E-state index contributed by atoms with van der Waals surface area (Å²) in [7, 11) is 0. The van der Waals surface area contributed by atoms with E-state index in [0.717, 1.165) is 25.7 Å². The highest BCUT2D eigenvalue weighted by Gasteiger charge is 2.33. The minimum Gasteiger partial charge on any atom is -0.397 e. The Morgan fingerprint density at radius 1 is 1.53 bits per heavy atom. The second-order valence-corrected chi connectivity index (χ2v) is 4.55. The first-order chi connectivity index (χ1) is 8.19. The molecule has 90 valence electrons. The molecule has 0 bridgehead atoms. The van der Waals surface area contributed by atoms with Crippen LogP contribution in [0.3, 0.4) is 0 Å².